The van der Waals surface area contributed by atoms with E-state index in [1.54, 1.807) is 29.7 Å². The lowest BCUT2D eigenvalue weighted by Gasteiger charge is -2.13. The topological polar surface area (TPSA) is 42.0 Å². The number of hydrogen-bond donors (Lipinski definition) is 1. The number of rotatable bonds is 3. The molecule has 2 heterocycles. The lowest BCUT2D eigenvalue weighted by atomic mass is 10.1. The van der Waals surface area contributed by atoms with Crippen molar-refractivity contribution in [3.63, 3.8) is 0 Å². The zero-order chi connectivity index (χ0) is 13.1. The third-order valence-corrected chi connectivity index (χ3v) is 3.77. The molecule has 0 aliphatic carbocycles. The second-order valence-electron chi connectivity index (χ2n) is 4.28. The summed E-state index contributed by atoms with van der Waals surface area (Å²) in [7, 11) is 0. The Labute approximate surface area is 111 Å². The molecule has 1 N–H and O–H groups in total. The number of thiophene rings is 1. The molecule has 4 heteroatoms. The van der Waals surface area contributed by atoms with E-state index >= 15 is 0 Å². The van der Waals surface area contributed by atoms with Crippen molar-refractivity contribution in [2.45, 2.75) is 26.8 Å². The second kappa shape index (κ2) is 5.31. The highest BCUT2D eigenvalue weighted by Crippen LogP contribution is 2.26. The molecule has 0 radical (unpaired) electrons. The predicted octanol–water partition coefficient (Wildman–Crippen LogP) is 3.25. The van der Waals surface area contributed by atoms with Crippen LogP contribution in [0.4, 0.5) is 0 Å². The molecular formula is C14H16N2OS. The van der Waals surface area contributed by atoms with Gasteiger partial charge in [0, 0.05) is 16.0 Å². The molecular weight excluding hydrogens is 244 g/mol. The second-order valence-corrected chi connectivity index (χ2v) is 5.74. The molecule has 0 saturated heterocycles. The lowest BCUT2D eigenvalue weighted by molar-refractivity contribution is 0.0935. The van der Waals surface area contributed by atoms with E-state index in [1.165, 1.54) is 15.3 Å². The van der Waals surface area contributed by atoms with Gasteiger partial charge in [0.2, 0.25) is 0 Å². The van der Waals surface area contributed by atoms with Crippen molar-refractivity contribution in [3.05, 3.63) is 51.5 Å². The van der Waals surface area contributed by atoms with Crippen molar-refractivity contribution >= 4 is 17.2 Å². The van der Waals surface area contributed by atoms with E-state index in [0.29, 0.717) is 5.69 Å². The molecule has 0 saturated carbocycles. The number of aromatic nitrogens is 1. The lowest BCUT2D eigenvalue weighted by Crippen LogP contribution is -2.27. The number of aryl methyl sites for hydroxylation is 2. The van der Waals surface area contributed by atoms with E-state index in [9.17, 15) is 4.79 Å². The molecule has 0 unspecified atom stereocenters. The third-order valence-electron chi connectivity index (χ3n) is 2.79. The molecule has 2 aromatic rings. The van der Waals surface area contributed by atoms with Crippen LogP contribution in [-0.2, 0) is 0 Å². The summed E-state index contributed by atoms with van der Waals surface area (Å²) < 4.78 is 0. The molecule has 94 valence electrons. The van der Waals surface area contributed by atoms with Crippen LogP contribution in [0, 0.1) is 13.8 Å². The molecule has 0 aliphatic heterocycles. The Kier molecular flexibility index (Phi) is 3.77. The molecule has 2 aromatic heterocycles. The quantitative estimate of drug-likeness (QED) is 0.920. The summed E-state index contributed by atoms with van der Waals surface area (Å²) in [6, 6.07) is 7.46. The highest BCUT2D eigenvalue weighted by atomic mass is 32.1. The number of amides is 1. The van der Waals surface area contributed by atoms with Gasteiger partial charge in [0.1, 0.15) is 5.69 Å². The molecule has 18 heavy (non-hydrogen) atoms. The SMILES string of the molecule is Cc1cc([C@@H](C)NC(=O)c2ccccn2)c(C)s1. The fourth-order valence-corrected chi connectivity index (χ4v) is 2.95. The zero-order valence-corrected chi connectivity index (χ0v) is 11.5. The van der Waals surface area contributed by atoms with Crippen LogP contribution in [-0.4, -0.2) is 10.9 Å². The first kappa shape index (κ1) is 12.8. The van der Waals surface area contributed by atoms with Gasteiger partial charge in [-0.25, -0.2) is 0 Å². The van der Waals surface area contributed by atoms with E-state index in [0.717, 1.165) is 0 Å². The first-order valence-electron chi connectivity index (χ1n) is 5.86. The van der Waals surface area contributed by atoms with Gasteiger partial charge in [-0.3, -0.25) is 9.78 Å². The van der Waals surface area contributed by atoms with Crippen molar-refractivity contribution in [1.29, 1.82) is 0 Å². The summed E-state index contributed by atoms with van der Waals surface area (Å²) in [5.74, 6) is -0.133. The first-order chi connectivity index (χ1) is 8.58. The third kappa shape index (κ3) is 2.76. The van der Waals surface area contributed by atoms with Crippen molar-refractivity contribution in [2.75, 3.05) is 0 Å². The summed E-state index contributed by atoms with van der Waals surface area (Å²) in [6.07, 6.45) is 1.62. The fourth-order valence-electron chi connectivity index (χ4n) is 1.93. The summed E-state index contributed by atoms with van der Waals surface area (Å²) >= 11 is 1.75. The van der Waals surface area contributed by atoms with Crippen LogP contribution in [0.15, 0.2) is 30.5 Å². The Morgan fingerprint density at radius 1 is 1.39 bits per heavy atom. The molecule has 1 amide bonds. The summed E-state index contributed by atoms with van der Waals surface area (Å²) in [4.78, 5) is 18.5. The first-order valence-corrected chi connectivity index (χ1v) is 6.68. The van der Waals surface area contributed by atoms with Crippen molar-refractivity contribution in [3.8, 4) is 0 Å². The van der Waals surface area contributed by atoms with Gasteiger partial charge in [-0.05, 0) is 44.5 Å². The van der Waals surface area contributed by atoms with E-state index < -0.39 is 0 Å². The molecule has 0 spiro atoms. The maximum absolute atomic E-state index is 12.0. The maximum atomic E-state index is 12.0. The van der Waals surface area contributed by atoms with Crippen LogP contribution in [0.1, 0.15) is 38.8 Å². The van der Waals surface area contributed by atoms with E-state index in [2.05, 4.69) is 30.2 Å². The van der Waals surface area contributed by atoms with Crippen LogP contribution in [0.25, 0.3) is 0 Å². The largest absolute Gasteiger partial charge is 0.344 e. The minimum Gasteiger partial charge on any atom is -0.344 e. The van der Waals surface area contributed by atoms with Crippen LogP contribution >= 0.6 is 11.3 Å². The van der Waals surface area contributed by atoms with Crippen LogP contribution in [0.5, 0.6) is 0 Å². The van der Waals surface area contributed by atoms with E-state index in [1.807, 2.05) is 13.0 Å². The van der Waals surface area contributed by atoms with Crippen molar-refractivity contribution in [2.24, 2.45) is 0 Å². The highest BCUT2D eigenvalue weighted by molar-refractivity contribution is 7.12. The molecule has 0 aromatic carbocycles. The number of nitrogens with one attached hydrogen (secondary N) is 1. The summed E-state index contributed by atoms with van der Waals surface area (Å²) in [5.41, 5.74) is 1.63. The summed E-state index contributed by atoms with van der Waals surface area (Å²) in [6.45, 7) is 6.15. The van der Waals surface area contributed by atoms with Crippen LogP contribution in [0.2, 0.25) is 0 Å². The minimum absolute atomic E-state index is 0.00413. The standard InChI is InChI=1S/C14H16N2OS/c1-9-8-12(11(3)18-9)10(2)16-14(17)13-6-4-5-7-15-13/h4-8,10H,1-3H3,(H,16,17)/t10-/m1/s1. The van der Waals surface area contributed by atoms with E-state index in [4.69, 9.17) is 0 Å². The van der Waals surface area contributed by atoms with Gasteiger partial charge < -0.3 is 5.32 Å². The Morgan fingerprint density at radius 3 is 2.72 bits per heavy atom. The molecule has 1 atom stereocenters. The molecule has 0 fully saturated rings. The van der Waals surface area contributed by atoms with Gasteiger partial charge in [0.15, 0.2) is 0 Å². The van der Waals surface area contributed by atoms with Gasteiger partial charge >= 0.3 is 0 Å². The van der Waals surface area contributed by atoms with Crippen LogP contribution in [0.3, 0.4) is 0 Å². The molecule has 2 rings (SSSR count). The average Bonchev–Trinajstić information content (AvgIpc) is 2.69. The predicted molar refractivity (Wildman–Crippen MR) is 73.9 cm³/mol. The van der Waals surface area contributed by atoms with Gasteiger partial charge in [-0.2, -0.15) is 0 Å². The monoisotopic (exact) mass is 260 g/mol. The van der Waals surface area contributed by atoms with Gasteiger partial charge in [-0.15, -0.1) is 11.3 Å². The molecule has 0 bridgehead atoms. The number of nitrogens with zero attached hydrogens (tertiary/aromatic N) is 1. The maximum Gasteiger partial charge on any atom is 0.270 e. The van der Waals surface area contributed by atoms with Crippen molar-refractivity contribution < 1.29 is 4.79 Å². The fraction of sp³-hybridized carbons (Fsp3) is 0.286. The molecule has 0 aliphatic rings. The number of carbonyl (C=O) groups is 1. The van der Waals surface area contributed by atoms with Gasteiger partial charge in [0.25, 0.3) is 5.91 Å². The number of pyridine rings is 1. The Morgan fingerprint density at radius 2 is 2.17 bits per heavy atom. The van der Waals surface area contributed by atoms with E-state index in [-0.39, 0.29) is 11.9 Å². The smallest absolute Gasteiger partial charge is 0.270 e. The number of hydrogen-bond acceptors (Lipinski definition) is 3. The van der Waals surface area contributed by atoms with Gasteiger partial charge in [0.05, 0.1) is 6.04 Å². The van der Waals surface area contributed by atoms with Crippen molar-refractivity contribution in [1.82, 2.24) is 10.3 Å². The highest BCUT2D eigenvalue weighted by Gasteiger charge is 2.15. The molecule has 3 nitrogen and oxygen atoms in total. The minimum atomic E-state index is -0.133. The normalized spacial score (nSPS) is 12.2. The van der Waals surface area contributed by atoms with Crippen LogP contribution < -0.4 is 5.32 Å². The average molecular weight is 260 g/mol. The van der Waals surface area contributed by atoms with Gasteiger partial charge in [-0.1, -0.05) is 6.07 Å². The Balaban J connectivity index is 2.10. The Bertz CT molecular complexity index is 548. The summed E-state index contributed by atoms with van der Waals surface area (Å²) in [5, 5.41) is 2.97. The Hall–Kier alpha value is -1.68. The zero-order valence-electron chi connectivity index (χ0n) is 10.7. The number of carbonyl (C=O) groups excluding carboxylic acids is 1.